The Labute approximate surface area is 131 Å². The summed E-state index contributed by atoms with van der Waals surface area (Å²) in [4.78, 5) is 3.97. The molecule has 0 aliphatic heterocycles. The number of halogens is 3. The summed E-state index contributed by atoms with van der Waals surface area (Å²) in [6.45, 7) is 0. The minimum atomic E-state index is -0.140. The van der Waals surface area contributed by atoms with Crippen LogP contribution in [0.2, 0.25) is 10.0 Å². The topological polar surface area (TPSA) is 83.5 Å². The number of aromatic hydroxyl groups is 1. The normalized spacial score (nSPS) is 11.1. The summed E-state index contributed by atoms with van der Waals surface area (Å²) in [5.41, 5.74) is 8.58. The number of phenols is 1. The molecule has 0 aliphatic carbocycles. The monoisotopic (exact) mass is 380 g/mol. The number of nitrogens with one attached hydrogen (secondary N) is 1. The molecule has 0 spiro atoms. The maximum Gasteiger partial charge on any atom is 0.205 e. The lowest BCUT2D eigenvalue weighted by Gasteiger charge is -2.05. The van der Waals surface area contributed by atoms with E-state index in [9.17, 15) is 5.11 Å². The van der Waals surface area contributed by atoms with Crippen molar-refractivity contribution in [3.63, 3.8) is 0 Å². The maximum absolute atomic E-state index is 9.81. The number of nitrogen functional groups attached to an aromatic ring is 1. The second-order valence-corrected chi connectivity index (χ2v) is 5.84. The van der Waals surface area contributed by atoms with E-state index in [2.05, 4.69) is 31.4 Å². The highest BCUT2D eigenvalue weighted by Gasteiger charge is 2.12. The van der Waals surface area contributed by atoms with Crippen molar-refractivity contribution in [2.45, 2.75) is 0 Å². The van der Waals surface area contributed by atoms with Gasteiger partial charge in [-0.2, -0.15) is 5.10 Å². The van der Waals surface area contributed by atoms with Gasteiger partial charge in [0.1, 0.15) is 16.6 Å². The molecule has 0 amide bonds. The third-order valence-corrected chi connectivity index (χ3v) is 4.53. The maximum atomic E-state index is 9.81. The summed E-state index contributed by atoms with van der Waals surface area (Å²) < 4.78 is 0.567. The molecular weight excluding hydrogens is 375 g/mol. The van der Waals surface area contributed by atoms with E-state index < -0.39 is 0 Å². The first-order valence-electron chi connectivity index (χ1n) is 4.85. The van der Waals surface area contributed by atoms with Crippen LogP contribution in [-0.4, -0.2) is 16.3 Å². The number of hydrogen-bond acceptors (Lipinski definition) is 6. The van der Waals surface area contributed by atoms with Gasteiger partial charge < -0.3 is 10.8 Å². The van der Waals surface area contributed by atoms with E-state index in [1.54, 1.807) is 11.4 Å². The number of aromatic nitrogens is 1. The van der Waals surface area contributed by atoms with Gasteiger partial charge in [0.25, 0.3) is 0 Å². The Balaban J connectivity index is 2.19. The zero-order valence-corrected chi connectivity index (χ0v) is 13.1. The fraction of sp³-hybridized carbons (Fsp3) is 0. The number of phenolic OH excluding ortho intramolecular Hbond substituents is 1. The predicted molar refractivity (Wildman–Crippen MR) is 83.6 cm³/mol. The quantitative estimate of drug-likeness (QED) is 0.427. The van der Waals surface area contributed by atoms with Gasteiger partial charge >= 0.3 is 0 Å². The number of hydrogen-bond donors (Lipinski definition) is 3. The summed E-state index contributed by atoms with van der Waals surface area (Å²) in [6.07, 6.45) is 1.40. The number of benzene rings is 1. The van der Waals surface area contributed by atoms with Gasteiger partial charge in [-0.15, -0.1) is 11.3 Å². The van der Waals surface area contributed by atoms with Crippen LogP contribution in [0.1, 0.15) is 5.56 Å². The van der Waals surface area contributed by atoms with Gasteiger partial charge in [0, 0.05) is 15.4 Å². The van der Waals surface area contributed by atoms with E-state index in [4.69, 9.17) is 28.9 Å². The predicted octanol–water partition coefficient (Wildman–Crippen LogP) is 3.95. The number of thiazole rings is 1. The molecule has 5 nitrogen and oxygen atoms in total. The highest BCUT2D eigenvalue weighted by Crippen LogP contribution is 2.38. The van der Waals surface area contributed by atoms with Gasteiger partial charge in [-0.05, 0) is 22.0 Å². The van der Waals surface area contributed by atoms with Crippen LogP contribution in [-0.2, 0) is 0 Å². The summed E-state index contributed by atoms with van der Waals surface area (Å²) in [7, 11) is 0. The molecule has 0 bridgehead atoms. The number of nitrogens with zero attached hydrogens (tertiary/aromatic N) is 2. The van der Waals surface area contributed by atoms with Crippen molar-refractivity contribution in [2.75, 3.05) is 11.2 Å². The van der Waals surface area contributed by atoms with Crippen LogP contribution in [0.5, 0.6) is 5.75 Å². The van der Waals surface area contributed by atoms with Crippen LogP contribution in [0.4, 0.5) is 10.9 Å². The zero-order chi connectivity index (χ0) is 14.0. The van der Waals surface area contributed by atoms with Crippen LogP contribution in [0.25, 0.3) is 0 Å². The molecule has 0 saturated carbocycles. The zero-order valence-electron chi connectivity index (χ0n) is 9.19. The molecule has 0 saturated heterocycles. The van der Waals surface area contributed by atoms with Crippen LogP contribution < -0.4 is 11.2 Å². The number of rotatable bonds is 3. The highest BCUT2D eigenvalue weighted by molar-refractivity contribution is 9.10. The van der Waals surface area contributed by atoms with Gasteiger partial charge in [-0.25, -0.2) is 4.98 Å². The summed E-state index contributed by atoms with van der Waals surface area (Å²) in [5.74, 6) is 0.280. The average Bonchev–Trinajstić information content (AvgIpc) is 2.79. The number of hydrazone groups is 1. The number of anilines is 2. The summed E-state index contributed by atoms with van der Waals surface area (Å²) in [5, 5.41) is 16.3. The summed E-state index contributed by atoms with van der Waals surface area (Å²) >= 11 is 16.3. The SMILES string of the molecule is Nc1csc(NN=Cc2cc(Br)c(Cl)c(Cl)c2O)n1. The van der Waals surface area contributed by atoms with Crippen molar-refractivity contribution in [2.24, 2.45) is 5.10 Å². The molecule has 2 aromatic rings. The molecule has 0 radical (unpaired) electrons. The van der Waals surface area contributed by atoms with E-state index >= 15 is 0 Å². The van der Waals surface area contributed by atoms with E-state index in [1.165, 1.54) is 17.6 Å². The third kappa shape index (κ3) is 3.30. The Morgan fingerprint density at radius 2 is 2.21 bits per heavy atom. The smallest absolute Gasteiger partial charge is 0.205 e. The van der Waals surface area contributed by atoms with Gasteiger partial charge in [-0.1, -0.05) is 23.2 Å². The van der Waals surface area contributed by atoms with Crippen molar-refractivity contribution in [1.29, 1.82) is 0 Å². The highest BCUT2D eigenvalue weighted by atomic mass is 79.9. The van der Waals surface area contributed by atoms with Crippen molar-refractivity contribution >= 4 is 67.6 Å². The van der Waals surface area contributed by atoms with Crippen LogP contribution in [0, 0.1) is 0 Å². The molecule has 9 heteroatoms. The molecule has 1 aromatic heterocycles. The molecule has 0 unspecified atom stereocenters. The van der Waals surface area contributed by atoms with Crippen molar-refractivity contribution < 1.29 is 5.11 Å². The van der Waals surface area contributed by atoms with Crippen molar-refractivity contribution in [1.82, 2.24) is 4.98 Å². The Kier molecular flexibility index (Phi) is 4.51. The Morgan fingerprint density at radius 1 is 1.47 bits per heavy atom. The van der Waals surface area contributed by atoms with Gasteiger partial charge in [-0.3, -0.25) is 5.43 Å². The first-order chi connectivity index (χ1) is 8.99. The lowest BCUT2D eigenvalue weighted by molar-refractivity contribution is 0.474. The second kappa shape index (κ2) is 5.96. The molecule has 1 heterocycles. The Bertz CT molecular complexity index is 647. The molecule has 0 aliphatic rings. The van der Waals surface area contributed by atoms with E-state index in [0.29, 0.717) is 21.0 Å². The first-order valence-corrected chi connectivity index (χ1v) is 7.28. The van der Waals surface area contributed by atoms with Gasteiger partial charge in [0.2, 0.25) is 5.13 Å². The minimum absolute atomic E-state index is 0.0657. The standard InChI is InChI=1S/C10H7BrCl2N4OS/c11-5-1-4(9(18)8(13)7(5)12)2-15-17-10-16-6(14)3-19-10/h1-3,18H,14H2,(H,16,17). The van der Waals surface area contributed by atoms with Gasteiger partial charge in [0.05, 0.1) is 11.2 Å². The third-order valence-electron chi connectivity index (χ3n) is 2.05. The fourth-order valence-corrected chi connectivity index (χ4v) is 2.66. The molecule has 100 valence electrons. The molecule has 4 N–H and O–H groups in total. The fourth-order valence-electron chi connectivity index (χ4n) is 1.20. The second-order valence-electron chi connectivity index (χ2n) is 3.37. The van der Waals surface area contributed by atoms with Crippen LogP contribution in [0.3, 0.4) is 0 Å². The molecule has 2 rings (SSSR count). The molecule has 1 aromatic carbocycles. The summed E-state index contributed by atoms with van der Waals surface area (Å²) in [6, 6.07) is 1.60. The minimum Gasteiger partial charge on any atom is -0.506 e. The van der Waals surface area contributed by atoms with Crippen molar-refractivity contribution in [3.05, 3.63) is 31.5 Å². The van der Waals surface area contributed by atoms with E-state index in [0.717, 1.165) is 0 Å². The average molecular weight is 382 g/mol. The number of nitrogens with two attached hydrogens (primary N) is 1. The lowest BCUT2D eigenvalue weighted by atomic mass is 10.2. The molecular formula is C10H7BrCl2N4OS. The largest absolute Gasteiger partial charge is 0.506 e. The molecule has 0 atom stereocenters. The van der Waals surface area contributed by atoms with Crippen LogP contribution >= 0.6 is 50.5 Å². The Hall–Kier alpha value is -1.02. The van der Waals surface area contributed by atoms with Crippen LogP contribution in [0.15, 0.2) is 21.0 Å². The van der Waals surface area contributed by atoms with Crippen molar-refractivity contribution in [3.8, 4) is 5.75 Å². The van der Waals surface area contributed by atoms with E-state index in [-0.39, 0.29) is 15.8 Å². The Morgan fingerprint density at radius 3 is 2.84 bits per heavy atom. The molecule has 0 fully saturated rings. The molecule has 19 heavy (non-hydrogen) atoms. The first kappa shape index (κ1) is 14.4. The van der Waals surface area contributed by atoms with E-state index in [1.807, 2.05) is 0 Å². The lowest BCUT2D eigenvalue weighted by Crippen LogP contribution is -1.92. The van der Waals surface area contributed by atoms with Gasteiger partial charge in [0.15, 0.2) is 0 Å².